The summed E-state index contributed by atoms with van der Waals surface area (Å²) in [4.78, 5) is 10.6. The quantitative estimate of drug-likeness (QED) is 0.722. The van der Waals surface area contributed by atoms with Crippen LogP contribution in [0, 0.1) is 0 Å². The van der Waals surface area contributed by atoms with Crippen molar-refractivity contribution in [3.05, 3.63) is 39.5 Å². The summed E-state index contributed by atoms with van der Waals surface area (Å²) < 4.78 is 42.9. The van der Waals surface area contributed by atoms with Crippen molar-refractivity contribution < 1.29 is 22.7 Å². The van der Waals surface area contributed by atoms with Crippen molar-refractivity contribution in [2.45, 2.75) is 19.3 Å². The molecule has 0 aromatic heterocycles. The number of primary amides is 1. The smallest absolute Gasteiger partial charge is 0.416 e. The highest BCUT2D eigenvalue weighted by atomic mass is 35.5. The van der Waals surface area contributed by atoms with Gasteiger partial charge in [0.05, 0.1) is 15.6 Å². The Labute approximate surface area is 134 Å². The number of carbonyl (C=O) groups excluding carboxylic acids is 1. The Kier molecular flexibility index (Phi) is 5.92. The lowest BCUT2D eigenvalue weighted by Gasteiger charge is -2.16. The van der Waals surface area contributed by atoms with Crippen LogP contribution < -0.4 is 21.5 Å². The van der Waals surface area contributed by atoms with Gasteiger partial charge in [0.15, 0.2) is 12.0 Å². The molecule has 0 radical (unpaired) electrons. The number of allylic oxidation sites excluding steroid dienone is 1. The molecule has 1 aromatic rings. The van der Waals surface area contributed by atoms with Crippen molar-refractivity contribution in [2.24, 2.45) is 11.5 Å². The molecule has 2 amide bonds. The first-order chi connectivity index (χ1) is 10.0. The van der Waals surface area contributed by atoms with Gasteiger partial charge < -0.3 is 15.8 Å². The van der Waals surface area contributed by atoms with E-state index in [0.29, 0.717) is 17.8 Å². The SMILES string of the molecule is C/C(=C/C(N)Oc1c(Cl)cc(C(F)(F)F)cc1Cl)NC(N)=O. The normalized spacial score (nSPS) is 13.7. The lowest BCUT2D eigenvalue weighted by atomic mass is 10.2. The Morgan fingerprint density at radius 3 is 2.27 bits per heavy atom. The van der Waals surface area contributed by atoms with E-state index in [-0.39, 0.29) is 15.8 Å². The maximum Gasteiger partial charge on any atom is 0.416 e. The molecular weight excluding hydrogens is 346 g/mol. The van der Waals surface area contributed by atoms with Gasteiger partial charge in [0.1, 0.15) is 0 Å². The van der Waals surface area contributed by atoms with E-state index in [1.807, 2.05) is 0 Å². The summed E-state index contributed by atoms with van der Waals surface area (Å²) in [7, 11) is 0. The van der Waals surface area contributed by atoms with Crippen LogP contribution in [0.3, 0.4) is 0 Å². The molecule has 0 fully saturated rings. The maximum absolute atomic E-state index is 12.6. The van der Waals surface area contributed by atoms with E-state index in [2.05, 4.69) is 5.32 Å². The number of alkyl halides is 3. The van der Waals surface area contributed by atoms with Crippen LogP contribution in [0.25, 0.3) is 0 Å². The number of halogens is 5. The van der Waals surface area contributed by atoms with E-state index < -0.39 is 24.0 Å². The Hall–Kier alpha value is -1.64. The number of hydrogen-bond donors (Lipinski definition) is 3. The first-order valence-electron chi connectivity index (χ1n) is 5.74. The second kappa shape index (κ2) is 7.08. The van der Waals surface area contributed by atoms with Crippen molar-refractivity contribution in [2.75, 3.05) is 0 Å². The van der Waals surface area contributed by atoms with Crippen LogP contribution in [0.5, 0.6) is 5.75 Å². The Balaban J connectivity index is 2.97. The predicted molar refractivity (Wildman–Crippen MR) is 76.5 cm³/mol. The van der Waals surface area contributed by atoms with Gasteiger partial charge in [0.25, 0.3) is 0 Å². The molecule has 0 saturated carbocycles. The zero-order valence-corrected chi connectivity index (χ0v) is 12.7. The first kappa shape index (κ1) is 18.4. The van der Waals surface area contributed by atoms with Crippen molar-refractivity contribution in [1.29, 1.82) is 0 Å². The van der Waals surface area contributed by atoms with E-state index in [4.69, 9.17) is 39.4 Å². The summed E-state index contributed by atoms with van der Waals surface area (Å²) >= 11 is 11.5. The highest BCUT2D eigenvalue weighted by Crippen LogP contribution is 2.40. The average Bonchev–Trinajstić information content (AvgIpc) is 2.30. The van der Waals surface area contributed by atoms with Gasteiger partial charge in [-0.15, -0.1) is 0 Å². The molecule has 122 valence electrons. The zero-order valence-electron chi connectivity index (χ0n) is 11.2. The summed E-state index contributed by atoms with van der Waals surface area (Å²) in [5, 5.41) is 1.56. The number of rotatable bonds is 4. The molecule has 0 aliphatic rings. The topological polar surface area (TPSA) is 90.4 Å². The average molecular weight is 358 g/mol. The molecule has 1 atom stereocenters. The van der Waals surface area contributed by atoms with Crippen molar-refractivity contribution in [3.8, 4) is 5.75 Å². The van der Waals surface area contributed by atoms with E-state index in [1.165, 1.54) is 13.0 Å². The number of nitrogens with two attached hydrogens (primary N) is 2. The molecule has 0 aliphatic heterocycles. The minimum atomic E-state index is -4.59. The van der Waals surface area contributed by atoms with Crippen molar-refractivity contribution in [3.63, 3.8) is 0 Å². The van der Waals surface area contributed by atoms with Gasteiger partial charge in [-0.05, 0) is 25.1 Å². The molecule has 0 aliphatic carbocycles. The first-order valence-corrected chi connectivity index (χ1v) is 6.49. The number of benzene rings is 1. The summed E-state index contributed by atoms with van der Waals surface area (Å²) in [6.45, 7) is 1.49. The second-order valence-electron chi connectivity index (χ2n) is 4.19. The molecule has 1 aromatic carbocycles. The van der Waals surface area contributed by atoms with Crippen LogP contribution in [0.2, 0.25) is 10.0 Å². The van der Waals surface area contributed by atoms with Crippen LogP contribution in [-0.4, -0.2) is 12.3 Å². The minimum absolute atomic E-state index is 0.202. The molecular formula is C12H12Cl2F3N3O2. The zero-order chi connectivity index (χ0) is 17.1. The maximum atomic E-state index is 12.6. The Morgan fingerprint density at radius 1 is 1.36 bits per heavy atom. The van der Waals surface area contributed by atoms with Crippen LogP contribution in [0.15, 0.2) is 23.9 Å². The molecule has 1 rings (SSSR count). The second-order valence-corrected chi connectivity index (χ2v) is 5.00. The van der Waals surface area contributed by atoms with Gasteiger partial charge in [-0.1, -0.05) is 23.2 Å². The number of nitrogens with one attached hydrogen (secondary N) is 1. The number of amides is 2. The van der Waals surface area contributed by atoms with Gasteiger partial charge in [-0.3, -0.25) is 5.73 Å². The fourth-order valence-electron chi connectivity index (χ4n) is 1.49. The molecule has 0 heterocycles. The number of hydrogen-bond acceptors (Lipinski definition) is 3. The Bertz CT molecular complexity index is 583. The summed E-state index contributed by atoms with van der Waals surface area (Å²) in [5.41, 5.74) is 9.80. The van der Waals surface area contributed by atoms with Crippen molar-refractivity contribution >= 4 is 29.2 Å². The molecule has 0 bridgehead atoms. The summed E-state index contributed by atoms with van der Waals surface area (Å²) in [5.74, 6) is -0.202. The molecule has 1 unspecified atom stereocenters. The fourth-order valence-corrected chi connectivity index (χ4v) is 2.06. The third kappa shape index (κ3) is 5.28. The highest BCUT2D eigenvalue weighted by Gasteiger charge is 2.32. The van der Waals surface area contributed by atoms with Crippen LogP contribution in [-0.2, 0) is 6.18 Å². The van der Waals surface area contributed by atoms with Crippen LogP contribution in [0.4, 0.5) is 18.0 Å². The predicted octanol–water partition coefficient (Wildman–Crippen LogP) is 3.25. The largest absolute Gasteiger partial charge is 0.469 e. The third-order valence-corrected chi connectivity index (χ3v) is 2.88. The molecule has 5 nitrogen and oxygen atoms in total. The fraction of sp³-hybridized carbons (Fsp3) is 0.250. The monoisotopic (exact) mass is 357 g/mol. The molecule has 0 spiro atoms. The van der Waals surface area contributed by atoms with Crippen LogP contribution >= 0.6 is 23.2 Å². The molecule has 10 heteroatoms. The summed E-state index contributed by atoms with van der Waals surface area (Å²) in [6.07, 6.45) is -4.43. The minimum Gasteiger partial charge on any atom is -0.469 e. The third-order valence-electron chi connectivity index (χ3n) is 2.31. The van der Waals surface area contributed by atoms with Crippen molar-refractivity contribution in [1.82, 2.24) is 5.32 Å². The molecule has 22 heavy (non-hydrogen) atoms. The van der Waals surface area contributed by atoms with E-state index in [0.717, 1.165) is 0 Å². The van der Waals surface area contributed by atoms with Gasteiger partial charge in [0.2, 0.25) is 0 Å². The number of carbonyl (C=O) groups is 1. The van der Waals surface area contributed by atoms with E-state index in [1.54, 1.807) is 0 Å². The van der Waals surface area contributed by atoms with Gasteiger partial charge >= 0.3 is 12.2 Å². The van der Waals surface area contributed by atoms with Gasteiger partial charge in [-0.2, -0.15) is 13.2 Å². The number of urea groups is 1. The lowest BCUT2D eigenvalue weighted by Crippen LogP contribution is -2.31. The Morgan fingerprint density at radius 2 is 1.86 bits per heavy atom. The molecule has 0 saturated heterocycles. The van der Waals surface area contributed by atoms with E-state index in [9.17, 15) is 18.0 Å². The van der Waals surface area contributed by atoms with E-state index >= 15 is 0 Å². The lowest BCUT2D eigenvalue weighted by molar-refractivity contribution is -0.137. The van der Waals surface area contributed by atoms with Gasteiger partial charge in [-0.25, -0.2) is 4.79 Å². The van der Waals surface area contributed by atoms with Crippen LogP contribution in [0.1, 0.15) is 12.5 Å². The molecule has 5 N–H and O–H groups in total. The standard InChI is InChI=1S/C12H12Cl2F3N3O2/c1-5(20-11(19)21)2-9(18)22-10-7(13)3-6(4-8(10)14)12(15,16)17/h2-4,9H,18H2,1H3,(H3,19,20,21)/b5-2-. The van der Waals surface area contributed by atoms with Gasteiger partial charge in [0, 0.05) is 5.70 Å². The number of ether oxygens (including phenoxy) is 1. The highest BCUT2D eigenvalue weighted by molar-refractivity contribution is 6.37. The summed E-state index contributed by atoms with van der Waals surface area (Å²) in [6, 6.07) is 0.549.